The molecule has 0 saturated carbocycles. The van der Waals surface area contributed by atoms with E-state index in [1.807, 2.05) is 44.2 Å². The molecule has 2 aromatic carbocycles. The quantitative estimate of drug-likeness (QED) is 0.710. The Morgan fingerprint density at radius 1 is 0.955 bits per heavy atom. The van der Waals surface area contributed by atoms with Gasteiger partial charge in [-0.3, -0.25) is 0 Å². The Labute approximate surface area is 128 Å². The van der Waals surface area contributed by atoms with Gasteiger partial charge in [0, 0.05) is 0 Å². The Bertz CT molecular complexity index is 603. The smallest absolute Gasteiger partial charge is 0.419 e. The molecule has 0 N–H and O–H groups in total. The molecule has 0 aliphatic heterocycles. The molecule has 0 fully saturated rings. The van der Waals surface area contributed by atoms with Gasteiger partial charge in [-0.25, -0.2) is 0 Å². The molecule has 0 heterocycles. The van der Waals surface area contributed by atoms with Crippen LogP contribution in [0.15, 0.2) is 48.5 Å². The van der Waals surface area contributed by atoms with Crippen molar-refractivity contribution in [1.29, 1.82) is 0 Å². The molecule has 22 heavy (non-hydrogen) atoms. The Hall–Kier alpha value is -1.97. The van der Waals surface area contributed by atoms with Crippen LogP contribution < -0.4 is 4.74 Å². The largest absolute Gasteiger partial charge is 0.488 e. The van der Waals surface area contributed by atoms with Gasteiger partial charge in [0.05, 0.1) is 5.56 Å². The lowest BCUT2D eigenvalue weighted by Crippen LogP contribution is -2.09. The van der Waals surface area contributed by atoms with E-state index in [0.717, 1.165) is 23.6 Å². The highest BCUT2D eigenvalue weighted by Crippen LogP contribution is 2.37. The van der Waals surface area contributed by atoms with Crippen LogP contribution in [0.2, 0.25) is 0 Å². The normalized spacial score (nSPS) is 11.7. The van der Waals surface area contributed by atoms with Gasteiger partial charge in [-0.15, -0.1) is 0 Å². The van der Waals surface area contributed by atoms with Crippen molar-refractivity contribution in [2.75, 3.05) is 0 Å². The van der Waals surface area contributed by atoms with E-state index in [2.05, 4.69) is 0 Å². The van der Waals surface area contributed by atoms with Crippen LogP contribution >= 0.6 is 0 Å². The second kappa shape index (κ2) is 6.86. The summed E-state index contributed by atoms with van der Waals surface area (Å²) in [6.45, 7) is 4.18. The first-order valence-corrected chi connectivity index (χ1v) is 7.23. The van der Waals surface area contributed by atoms with Gasteiger partial charge in [0.2, 0.25) is 0 Å². The number of halogens is 3. The molecule has 0 saturated heterocycles. The first kappa shape index (κ1) is 16.4. The molecule has 0 aromatic heterocycles. The lowest BCUT2D eigenvalue weighted by molar-refractivity contribution is -0.139. The average molecular weight is 308 g/mol. The monoisotopic (exact) mass is 308 g/mol. The fourth-order valence-electron chi connectivity index (χ4n) is 2.25. The van der Waals surface area contributed by atoms with Crippen LogP contribution in [0.5, 0.6) is 5.75 Å². The van der Waals surface area contributed by atoms with Crippen LogP contribution in [0.3, 0.4) is 0 Å². The molecule has 0 unspecified atom stereocenters. The van der Waals surface area contributed by atoms with Crippen molar-refractivity contribution in [3.63, 3.8) is 0 Å². The van der Waals surface area contributed by atoms with Crippen LogP contribution in [0.1, 0.15) is 30.5 Å². The van der Waals surface area contributed by atoms with Crippen LogP contribution in [0, 0.1) is 5.92 Å². The van der Waals surface area contributed by atoms with E-state index in [9.17, 15) is 13.2 Å². The molecule has 1 nitrogen and oxygen atoms in total. The lowest BCUT2D eigenvalue weighted by Gasteiger charge is -2.16. The molecule has 0 amide bonds. The third kappa shape index (κ3) is 4.52. The maximum absolute atomic E-state index is 13.1. The van der Waals surface area contributed by atoms with E-state index in [4.69, 9.17) is 4.74 Å². The lowest BCUT2D eigenvalue weighted by atomic mass is 10.0. The van der Waals surface area contributed by atoms with Crippen LogP contribution in [0.4, 0.5) is 13.2 Å². The average Bonchev–Trinajstić information content (AvgIpc) is 2.44. The van der Waals surface area contributed by atoms with Gasteiger partial charge in [-0.05, 0) is 35.6 Å². The van der Waals surface area contributed by atoms with Gasteiger partial charge in [-0.2, -0.15) is 13.2 Å². The Kier molecular flexibility index (Phi) is 5.11. The Morgan fingerprint density at radius 2 is 1.64 bits per heavy atom. The van der Waals surface area contributed by atoms with Gasteiger partial charge in [0.15, 0.2) is 0 Å². The van der Waals surface area contributed by atoms with Gasteiger partial charge in [0.25, 0.3) is 0 Å². The van der Waals surface area contributed by atoms with Crippen LogP contribution in [0.25, 0.3) is 0 Å². The number of rotatable bonds is 5. The minimum Gasteiger partial charge on any atom is -0.488 e. The molecule has 2 aromatic rings. The predicted molar refractivity (Wildman–Crippen MR) is 80.8 cm³/mol. The predicted octanol–water partition coefficient (Wildman–Crippen LogP) is 5.48. The maximum Gasteiger partial charge on any atom is 0.419 e. The second-order valence-electron chi connectivity index (χ2n) is 5.70. The first-order chi connectivity index (χ1) is 10.4. The first-order valence-electron chi connectivity index (χ1n) is 7.23. The summed E-state index contributed by atoms with van der Waals surface area (Å²) in [5.74, 6) is 0.271. The molecular weight excluding hydrogens is 289 g/mol. The summed E-state index contributed by atoms with van der Waals surface area (Å²) in [7, 11) is 0. The minimum absolute atomic E-state index is 0.102. The van der Waals surface area contributed by atoms with E-state index in [1.165, 1.54) is 12.1 Å². The number of ether oxygens (including phenoxy) is 1. The number of alkyl halides is 3. The molecule has 0 aliphatic carbocycles. The van der Waals surface area contributed by atoms with E-state index in [-0.39, 0.29) is 12.4 Å². The second-order valence-corrected chi connectivity index (χ2v) is 5.70. The highest BCUT2D eigenvalue weighted by atomic mass is 19.4. The zero-order valence-corrected chi connectivity index (χ0v) is 12.7. The molecular formula is C18H19F3O. The number of benzene rings is 2. The van der Waals surface area contributed by atoms with Gasteiger partial charge in [0.1, 0.15) is 12.4 Å². The minimum atomic E-state index is -4.41. The standard InChI is InChI=1S/C18H19F3O/c1-13(2)10-15-8-9-16(18(19,20)21)17(11-15)22-12-14-6-4-3-5-7-14/h3-9,11,13H,10,12H2,1-2H3. The zero-order valence-electron chi connectivity index (χ0n) is 12.7. The summed E-state index contributed by atoms with van der Waals surface area (Å²) in [6.07, 6.45) is -3.69. The van der Waals surface area contributed by atoms with Crippen molar-refractivity contribution < 1.29 is 17.9 Å². The molecule has 4 heteroatoms. The fourth-order valence-corrected chi connectivity index (χ4v) is 2.25. The molecule has 0 atom stereocenters. The van der Waals surface area contributed by atoms with Crippen molar-refractivity contribution in [3.05, 3.63) is 65.2 Å². The highest BCUT2D eigenvalue weighted by Gasteiger charge is 2.34. The van der Waals surface area contributed by atoms with Gasteiger partial charge < -0.3 is 4.74 Å². The fraction of sp³-hybridized carbons (Fsp3) is 0.333. The van der Waals surface area contributed by atoms with Crippen molar-refractivity contribution in [2.45, 2.75) is 33.1 Å². The van der Waals surface area contributed by atoms with Crippen molar-refractivity contribution >= 4 is 0 Å². The molecule has 0 radical (unpaired) electrons. The maximum atomic E-state index is 13.1. The van der Waals surface area contributed by atoms with Crippen LogP contribution in [-0.2, 0) is 19.2 Å². The summed E-state index contributed by atoms with van der Waals surface area (Å²) in [6, 6.07) is 13.3. The van der Waals surface area contributed by atoms with Crippen LogP contribution in [-0.4, -0.2) is 0 Å². The van der Waals surface area contributed by atoms with Gasteiger partial charge in [-0.1, -0.05) is 50.2 Å². The Balaban J connectivity index is 2.25. The van der Waals surface area contributed by atoms with E-state index in [1.54, 1.807) is 0 Å². The van der Waals surface area contributed by atoms with Gasteiger partial charge >= 0.3 is 6.18 Å². The van der Waals surface area contributed by atoms with E-state index in [0.29, 0.717) is 5.92 Å². The molecule has 118 valence electrons. The summed E-state index contributed by atoms with van der Waals surface area (Å²) >= 11 is 0. The SMILES string of the molecule is CC(C)Cc1ccc(C(F)(F)F)c(OCc2ccccc2)c1. The van der Waals surface area contributed by atoms with Crippen molar-refractivity contribution in [2.24, 2.45) is 5.92 Å². The van der Waals surface area contributed by atoms with Crippen molar-refractivity contribution in [1.82, 2.24) is 0 Å². The summed E-state index contributed by atoms with van der Waals surface area (Å²) in [5.41, 5.74) is 0.965. The molecule has 0 spiro atoms. The Morgan fingerprint density at radius 3 is 2.23 bits per heavy atom. The zero-order chi connectivity index (χ0) is 16.2. The van der Waals surface area contributed by atoms with Crippen molar-refractivity contribution in [3.8, 4) is 5.75 Å². The number of hydrogen-bond acceptors (Lipinski definition) is 1. The van der Waals surface area contributed by atoms with E-state index < -0.39 is 11.7 Å². The molecule has 2 rings (SSSR count). The molecule has 0 aliphatic rings. The summed E-state index contributed by atoms with van der Waals surface area (Å²) < 4.78 is 44.7. The topological polar surface area (TPSA) is 9.23 Å². The molecule has 0 bridgehead atoms. The highest BCUT2D eigenvalue weighted by molar-refractivity contribution is 5.40. The van der Waals surface area contributed by atoms with E-state index >= 15 is 0 Å². The summed E-state index contributed by atoms with van der Waals surface area (Å²) in [5, 5.41) is 0. The summed E-state index contributed by atoms with van der Waals surface area (Å²) in [4.78, 5) is 0. The third-order valence-corrected chi connectivity index (χ3v) is 3.23. The number of hydrogen-bond donors (Lipinski definition) is 0. The third-order valence-electron chi connectivity index (χ3n) is 3.23.